The van der Waals surface area contributed by atoms with Gasteiger partial charge < -0.3 is 32.5 Å². The van der Waals surface area contributed by atoms with Gasteiger partial charge in [0.2, 0.25) is 23.6 Å². The molecule has 0 saturated carbocycles. The molecule has 0 aromatic rings. The van der Waals surface area contributed by atoms with Crippen LogP contribution in [0, 0.1) is 5.92 Å². The van der Waals surface area contributed by atoms with E-state index in [0.717, 1.165) is 0 Å². The molecule has 0 aliphatic rings. The number of carboxylic acids is 1. The number of nitrogens with two attached hydrogens (primary N) is 2. The maximum atomic E-state index is 12.6. The van der Waals surface area contributed by atoms with Crippen LogP contribution in [0.3, 0.4) is 0 Å². The predicted octanol–water partition coefficient (Wildman–Crippen LogP) is -1.89. The molecule has 0 bridgehead atoms. The second kappa shape index (κ2) is 13.0. The minimum Gasteiger partial charge on any atom is -0.480 e. The summed E-state index contributed by atoms with van der Waals surface area (Å²) in [6, 6.07) is -4.33. The number of rotatable bonds is 13. The molecule has 0 radical (unpaired) electrons. The minimum absolute atomic E-state index is 0.0907. The molecule has 0 aromatic carbocycles. The Balaban J connectivity index is 5.21. The van der Waals surface area contributed by atoms with E-state index < -0.39 is 53.8 Å². The highest BCUT2D eigenvalue weighted by molar-refractivity contribution is 7.80. The van der Waals surface area contributed by atoms with Gasteiger partial charge >= 0.3 is 5.97 Å². The normalized spacial score (nSPS) is 15.9. The Morgan fingerprint density at radius 2 is 1.48 bits per heavy atom. The van der Waals surface area contributed by atoms with Gasteiger partial charge in [-0.3, -0.25) is 24.0 Å². The zero-order valence-electron chi connectivity index (χ0n) is 16.8. The van der Waals surface area contributed by atoms with Crippen molar-refractivity contribution in [2.45, 2.75) is 64.2 Å². The van der Waals surface area contributed by atoms with Crippen LogP contribution >= 0.6 is 12.6 Å². The number of hydrogen-bond donors (Lipinski definition) is 7. The monoisotopic (exact) mass is 433 g/mol. The van der Waals surface area contributed by atoms with Gasteiger partial charge in [0, 0.05) is 12.2 Å². The third kappa shape index (κ3) is 9.61. The van der Waals surface area contributed by atoms with Crippen molar-refractivity contribution >= 4 is 42.2 Å². The van der Waals surface area contributed by atoms with Gasteiger partial charge in [0.05, 0.1) is 6.04 Å². The smallest absolute Gasteiger partial charge is 0.325 e. The summed E-state index contributed by atoms with van der Waals surface area (Å²) in [5.41, 5.74) is 11.0. The second-order valence-electron chi connectivity index (χ2n) is 6.79. The van der Waals surface area contributed by atoms with E-state index in [-0.39, 0.29) is 24.5 Å². The van der Waals surface area contributed by atoms with Crippen molar-refractivity contribution in [3.63, 3.8) is 0 Å². The first-order chi connectivity index (χ1) is 13.4. The number of hydrogen-bond acceptors (Lipinski definition) is 7. The fourth-order valence-corrected chi connectivity index (χ4v) is 2.43. The third-order valence-electron chi connectivity index (χ3n) is 4.42. The van der Waals surface area contributed by atoms with Crippen LogP contribution in [0.15, 0.2) is 0 Å². The maximum absolute atomic E-state index is 12.6. The Morgan fingerprint density at radius 3 is 1.93 bits per heavy atom. The van der Waals surface area contributed by atoms with E-state index in [1.54, 1.807) is 6.92 Å². The van der Waals surface area contributed by atoms with E-state index in [9.17, 15) is 24.0 Å². The molecule has 0 saturated heterocycles. The maximum Gasteiger partial charge on any atom is 0.325 e. The zero-order valence-corrected chi connectivity index (χ0v) is 17.7. The van der Waals surface area contributed by atoms with Crippen molar-refractivity contribution in [1.29, 1.82) is 0 Å². The largest absolute Gasteiger partial charge is 0.480 e. The Hall–Kier alpha value is -2.34. The van der Waals surface area contributed by atoms with Crippen LogP contribution in [0.4, 0.5) is 0 Å². The molecule has 166 valence electrons. The lowest BCUT2D eigenvalue weighted by Gasteiger charge is -2.25. The SMILES string of the molecule is CC[C@H](C)[C@H](N)C(=O)N[C@@H](CCC(N)=O)C(=O)N[C@@H](CS)C(=O)N[C@@H](C)C(=O)O. The second-order valence-corrected chi connectivity index (χ2v) is 7.15. The lowest BCUT2D eigenvalue weighted by atomic mass is 9.98. The van der Waals surface area contributed by atoms with Crippen LogP contribution in [-0.2, 0) is 24.0 Å². The van der Waals surface area contributed by atoms with Crippen molar-refractivity contribution < 1.29 is 29.1 Å². The fraction of sp³-hybridized carbons (Fsp3) is 0.706. The van der Waals surface area contributed by atoms with Gasteiger partial charge in [-0.1, -0.05) is 20.3 Å². The molecule has 0 fully saturated rings. The van der Waals surface area contributed by atoms with Gasteiger partial charge in [-0.2, -0.15) is 12.6 Å². The number of nitrogens with one attached hydrogen (secondary N) is 3. The van der Waals surface area contributed by atoms with E-state index >= 15 is 0 Å². The highest BCUT2D eigenvalue weighted by Crippen LogP contribution is 2.07. The predicted molar refractivity (Wildman–Crippen MR) is 109 cm³/mol. The molecule has 0 unspecified atom stereocenters. The summed E-state index contributed by atoms with van der Waals surface area (Å²) in [5.74, 6) is -4.23. The number of aliphatic carboxylic acids is 1. The van der Waals surface area contributed by atoms with Crippen molar-refractivity contribution in [3.8, 4) is 0 Å². The molecule has 0 rings (SSSR count). The van der Waals surface area contributed by atoms with E-state index in [2.05, 4.69) is 28.6 Å². The van der Waals surface area contributed by atoms with Gasteiger partial charge in [-0.15, -0.1) is 0 Å². The fourth-order valence-electron chi connectivity index (χ4n) is 2.18. The lowest BCUT2D eigenvalue weighted by molar-refractivity contribution is -0.141. The van der Waals surface area contributed by atoms with Gasteiger partial charge in [0.1, 0.15) is 18.1 Å². The summed E-state index contributed by atoms with van der Waals surface area (Å²) in [4.78, 5) is 59.0. The minimum atomic E-state index is -1.24. The van der Waals surface area contributed by atoms with Crippen molar-refractivity contribution in [2.24, 2.45) is 17.4 Å². The summed E-state index contributed by atoms with van der Waals surface area (Å²) < 4.78 is 0. The van der Waals surface area contributed by atoms with Crippen LogP contribution in [-0.4, -0.2) is 64.6 Å². The van der Waals surface area contributed by atoms with Crippen molar-refractivity contribution in [1.82, 2.24) is 16.0 Å². The Morgan fingerprint density at radius 1 is 0.966 bits per heavy atom. The van der Waals surface area contributed by atoms with Crippen molar-refractivity contribution in [2.75, 3.05) is 5.75 Å². The number of carboxylic acid groups (broad SMARTS) is 1. The number of amides is 4. The Kier molecular flexibility index (Phi) is 11.9. The molecule has 0 spiro atoms. The number of carbonyl (C=O) groups is 5. The molecule has 5 atom stereocenters. The lowest BCUT2D eigenvalue weighted by Crippen LogP contribution is -2.58. The molecule has 0 aliphatic heterocycles. The summed E-state index contributed by atoms with van der Waals surface area (Å²) in [6.45, 7) is 4.92. The van der Waals surface area contributed by atoms with E-state index in [4.69, 9.17) is 16.6 Å². The van der Waals surface area contributed by atoms with E-state index in [1.807, 2.05) is 6.92 Å². The van der Waals surface area contributed by atoms with Crippen LogP contribution in [0.25, 0.3) is 0 Å². The van der Waals surface area contributed by atoms with Crippen LogP contribution in [0.5, 0.6) is 0 Å². The average molecular weight is 434 g/mol. The Labute approximate surface area is 175 Å². The van der Waals surface area contributed by atoms with Gasteiger partial charge in [-0.25, -0.2) is 0 Å². The highest BCUT2D eigenvalue weighted by atomic mass is 32.1. The first-order valence-electron chi connectivity index (χ1n) is 9.23. The Bertz CT molecular complexity index is 617. The van der Waals surface area contributed by atoms with Gasteiger partial charge in [0.25, 0.3) is 0 Å². The molecule has 12 heteroatoms. The molecule has 29 heavy (non-hydrogen) atoms. The summed E-state index contributed by atoms with van der Waals surface area (Å²) >= 11 is 3.99. The molecule has 8 N–H and O–H groups in total. The quantitative estimate of drug-likeness (QED) is 0.165. The molecule has 4 amide bonds. The molecule has 0 aromatic heterocycles. The molecular formula is C17H31N5O6S. The topological polar surface area (TPSA) is 194 Å². The molecule has 11 nitrogen and oxygen atoms in total. The number of thiol groups is 1. The first-order valence-corrected chi connectivity index (χ1v) is 9.86. The number of carbonyl (C=O) groups excluding carboxylic acids is 4. The van der Waals surface area contributed by atoms with E-state index in [1.165, 1.54) is 6.92 Å². The number of primary amides is 1. The van der Waals surface area contributed by atoms with Crippen LogP contribution in [0.1, 0.15) is 40.0 Å². The van der Waals surface area contributed by atoms with Crippen LogP contribution in [0.2, 0.25) is 0 Å². The summed E-state index contributed by atoms with van der Waals surface area (Å²) in [5, 5.41) is 16.0. The summed E-state index contributed by atoms with van der Waals surface area (Å²) in [7, 11) is 0. The summed E-state index contributed by atoms with van der Waals surface area (Å²) in [6.07, 6.45) is 0.383. The third-order valence-corrected chi connectivity index (χ3v) is 4.78. The van der Waals surface area contributed by atoms with Crippen LogP contribution < -0.4 is 27.4 Å². The standard InChI is InChI=1S/C17H31N5O6S/c1-4-8(2)13(19)16(26)21-10(5-6-12(18)23)14(24)22-11(7-29)15(25)20-9(3)17(27)28/h8-11,13,29H,4-7,19H2,1-3H3,(H2,18,23)(H,20,25)(H,21,26)(H,22,24)(H,27,28)/t8-,9-,10-,11-,13-/m0/s1. The average Bonchev–Trinajstić information content (AvgIpc) is 2.66. The zero-order chi connectivity index (χ0) is 22.7. The van der Waals surface area contributed by atoms with Gasteiger partial charge in [0.15, 0.2) is 0 Å². The van der Waals surface area contributed by atoms with Gasteiger partial charge in [-0.05, 0) is 19.3 Å². The highest BCUT2D eigenvalue weighted by Gasteiger charge is 2.29. The molecule has 0 aliphatic carbocycles. The first kappa shape index (κ1) is 26.7. The molecular weight excluding hydrogens is 402 g/mol. The van der Waals surface area contributed by atoms with E-state index in [0.29, 0.717) is 6.42 Å². The van der Waals surface area contributed by atoms with Crippen molar-refractivity contribution in [3.05, 3.63) is 0 Å². The molecule has 0 heterocycles.